The minimum Gasteiger partial charge on any atom is -0.493 e. The summed E-state index contributed by atoms with van der Waals surface area (Å²) in [4.78, 5) is 31.9. The zero-order valence-electron chi connectivity index (χ0n) is 25.4. The molecule has 9 nitrogen and oxygen atoms in total. The first-order valence-corrected chi connectivity index (χ1v) is 15.2. The van der Waals surface area contributed by atoms with Gasteiger partial charge >= 0.3 is 0 Å². The summed E-state index contributed by atoms with van der Waals surface area (Å²) in [5.41, 5.74) is 5.16. The number of nitrogens with zero attached hydrogens (tertiary/aromatic N) is 4. The van der Waals surface area contributed by atoms with Crippen molar-refractivity contribution in [1.29, 1.82) is 0 Å². The molecular formula is C33H44N4O5. The van der Waals surface area contributed by atoms with Crippen LogP contribution in [-0.2, 0) is 14.3 Å². The molecule has 9 heteroatoms. The van der Waals surface area contributed by atoms with Gasteiger partial charge in [0, 0.05) is 38.5 Å². The molecule has 1 aliphatic carbocycles. The molecule has 0 bridgehead atoms. The topological polar surface area (TPSA) is 83.9 Å². The van der Waals surface area contributed by atoms with Crippen LogP contribution < -0.4 is 9.47 Å². The van der Waals surface area contributed by atoms with Gasteiger partial charge in [0.15, 0.2) is 11.5 Å². The van der Waals surface area contributed by atoms with Crippen LogP contribution in [0.1, 0.15) is 60.4 Å². The predicted octanol–water partition coefficient (Wildman–Crippen LogP) is 4.35. The molecule has 0 unspecified atom stereocenters. The lowest BCUT2D eigenvalue weighted by Gasteiger charge is -2.32. The van der Waals surface area contributed by atoms with Crippen LogP contribution in [0.3, 0.4) is 0 Å². The molecule has 0 spiro atoms. The third-order valence-corrected chi connectivity index (χ3v) is 8.93. The van der Waals surface area contributed by atoms with Crippen molar-refractivity contribution in [2.45, 2.75) is 52.0 Å². The van der Waals surface area contributed by atoms with Crippen LogP contribution in [0.2, 0.25) is 0 Å². The largest absolute Gasteiger partial charge is 0.493 e. The van der Waals surface area contributed by atoms with Crippen molar-refractivity contribution in [3.8, 4) is 11.5 Å². The van der Waals surface area contributed by atoms with Gasteiger partial charge in [0.05, 0.1) is 39.2 Å². The molecule has 1 atom stereocenters. The Morgan fingerprint density at radius 2 is 1.71 bits per heavy atom. The van der Waals surface area contributed by atoms with E-state index in [0.29, 0.717) is 37.7 Å². The van der Waals surface area contributed by atoms with E-state index >= 15 is 0 Å². The van der Waals surface area contributed by atoms with Gasteiger partial charge < -0.3 is 19.1 Å². The Morgan fingerprint density at radius 1 is 0.976 bits per heavy atom. The smallest absolute Gasteiger partial charge is 0.262 e. The monoisotopic (exact) mass is 576 g/mol. The van der Waals surface area contributed by atoms with E-state index in [1.54, 1.807) is 24.1 Å². The molecule has 2 fully saturated rings. The SMILES string of the molecule is COc1ccc([C@@H]2CC(c3ccc(C)c(C)c3)=NN2C(=O)CN(CCN2CCOCC2)C(=O)C2CCCC2)cc1OC. The van der Waals surface area contributed by atoms with Crippen molar-refractivity contribution in [1.82, 2.24) is 14.8 Å². The minimum absolute atomic E-state index is 0.00249. The van der Waals surface area contributed by atoms with Gasteiger partial charge in [0.25, 0.3) is 5.91 Å². The van der Waals surface area contributed by atoms with Gasteiger partial charge in [-0.05, 0) is 67.1 Å². The van der Waals surface area contributed by atoms with E-state index in [4.69, 9.17) is 19.3 Å². The highest BCUT2D eigenvalue weighted by molar-refractivity contribution is 6.03. The molecule has 226 valence electrons. The van der Waals surface area contributed by atoms with Gasteiger partial charge in [0.2, 0.25) is 5.91 Å². The van der Waals surface area contributed by atoms with Crippen LogP contribution in [-0.4, -0.2) is 92.5 Å². The standard InChI is InChI=1S/C33H44N4O5/c1-23-9-10-26(19-24(23)2)28-21-29(27-11-12-30(40-3)31(20-27)41-4)37(34-28)32(38)22-36(33(39)25-7-5-6-8-25)14-13-35-15-17-42-18-16-35/h9-12,19-20,25,29H,5-8,13-18,21-22H2,1-4H3/t29-/m0/s1. The molecule has 2 amide bonds. The summed E-state index contributed by atoms with van der Waals surface area (Å²) >= 11 is 0. The van der Waals surface area contributed by atoms with E-state index in [-0.39, 0.29) is 30.3 Å². The number of rotatable bonds is 10. The summed E-state index contributed by atoms with van der Waals surface area (Å²) in [6, 6.07) is 11.7. The van der Waals surface area contributed by atoms with Crippen molar-refractivity contribution in [3.63, 3.8) is 0 Å². The van der Waals surface area contributed by atoms with E-state index in [0.717, 1.165) is 62.2 Å². The summed E-state index contributed by atoms with van der Waals surface area (Å²) in [5.74, 6) is 1.14. The molecule has 0 aromatic heterocycles. The summed E-state index contributed by atoms with van der Waals surface area (Å²) in [5, 5.41) is 6.50. The van der Waals surface area contributed by atoms with Gasteiger partial charge in [-0.3, -0.25) is 14.5 Å². The van der Waals surface area contributed by atoms with Crippen LogP contribution >= 0.6 is 0 Å². The maximum Gasteiger partial charge on any atom is 0.262 e. The Kier molecular flexibility index (Phi) is 9.80. The predicted molar refractivity (Wildman–Crippen MR) is 162 cm³/mol. The number of carbonyl (C=O) groups is 2. The summed E-state index contributed by atoms with van der Waals surface area (Å²) in [6.45, 7) is 8.52. The number of benzene rings is 2. The van der Waals surface area contributed by atoms with Crippen molar-refractivity contribution >= 4 is 17.5 Å². The highest BCUT2D eigenvalue weighted by Gasteiger charge is 2.36. The zero-order valence-corrected chi connectivity index (χ0v) is 25.4. The Labute approximate surface area is 249 Å². The van der Waals surface area contributed by atoms with Gasteiger partial charge in [0.1, 0.15) is 6.54 Å². The maximum atomic E-state index is 14.1. The fraction of sp³-hybridized carbons (Fsp3) is 0.545. The van der Waals surface area contributed by atoms with Crippen molar-refractivity contribution in [2.75, 3.05) is 60.2 Å². The van der Waals surface area contributed by atoms with Crippen LogP contribution in [0.4, 0.5) is 0 Å². The quantitative estimate of drug-likeness (QED) is 0.418. The Bertz CT molecular complexity index is 1300. The molecule has 2 aromatic carbocycles. The maximum absolute atomic E-state index is 14.1. The van der Waals surface area contributed by atoms with Crippen LogP contribution in [0.25, 0.3) is 0 Å². The van der Waals surface area contributed by atoms with Crippen LogP contribution in [0.15, 0.2) is 41.5 Å². The number of hydrogen-bond acceptors (Lipinski definition) is 7. The molecule has 1 saturated carbocycles. The second-order valence-corrected chi connectivity index (χ2v) is 11.6. The molecule has 3 aliphatic rings. The molecule has 0 radical (unpaired) electrons. The molecule has 1 saturated heterocycles. The van der Waals surface area contributed by atoms with E-state index < -0.39 is 0 Å². The number of hydrazone groups is 1. The Morgan fingerprint density at radius 3 is 2.40 bits per heavy atom. The molecule has 2 heterocycles. The second-order valence-electron chi connectivity index (χ2n) is 11.6. The fourth-order valence-corrected chi connectivity index (χ4v) is 6.18. The van der Waals surface area contributed by atoms with Gasteiger partial charge in [-0.15, -0.1) is 0 Å². The molecule has 42 heavy (non-hydrogen) atoms. The zero-order chi connectivity index (χ0) is 29.6. The average molecular weight is 577 g/mol. The summed E-state index contributed by atoms with van der Waals surface area (Å²) < 4.78 is 16.5. The summed E-state index contributed by atoms with van der Waals surface area (Å²) in [7, 11) is 3.22. The molecule has 0 N–H and O–H groups in total. The second kappa shape index (κ2) is 13.7. The van der Waals surface area contributed by atoms with Crippen molar-refractivity contribution in [2.24, 2.45) is 11.0 Å². The average Bonchev–Trinajstić information content (AvgIpc) is 3.72. The first-order chi connectivity index (χ1) is 20.4. The van der Waals surface area contributed by atoms with Crippen molar-refractivity contribution in [3.05, 3.63) is 58.7 Å². The van der Waals surface area contributed by atoms with Crippen molar-refractivity contribution < 1.29 is 23.8 Å². The van der Waals surface area contributed by atoms with E-state index in [9.17, 15) is 9.59 Å². The Hall–Kier alpha value is -3.43. The minimum atomic E-state index is -0.323. The number of morpholine rings is 1. The lowest BCUT2D eigenvalue weighted by atomic mass is 9.96. The first kappa shape index (κ1) is 30.0. The third kappa shape index (κ3) is 6.79. The number of amides is 2. The molecule has 2 aliphatic heterocycles. The van der Waals surface area contributed by atoms with E-state index in [1.807, 2.05) is 18.2 Å². The normalized spacial score (nSPS) is 19.6. The lowest BCUT2D eigenvalue weighted by molar-refractivity contribution is -0.144. The number of aryl methyl sites for hydroxylation is 2. The summed E-state index contributed by atoms with van der Waals surface area (Å²) in [6.07, 6.45) is 4.49. The molecular weight excluding hydrogens is 532 g/mol. The van der Waals surface area contributed by atoms with E-state index in [1.165, 1.54) is 11.1 Å². The third-order valence-electron chi connectivity index (χ3n) is 8.93. The van der Waals surface area contributed by atoms with Crippen LogP contribution in [0, 0.1) is 19.8 Å². The lowest BCUT2D eigenvalue weighted by Crippen LogP contribution is -2.47. The van der Waals surface area contributed by atoms with E-state index in [2.05, 4.69) is 36.9 Å². The number of hydrogen-bond donors (Lipinski definition) is 0. The number of methoxy groups -OCH3 is 2. The molecule has 5 rings (SSSR count). The fourth-order valence-electron chi connectivity index (χ4n) is 6.18. The highest BCUT2D eigenvalue weighted by Crippen LogP contribution is 2.38. The number of carbonyl (C=O) groups excluding carboxylic acids is 2. The Balaban J connectivity index is 1.42. The van der Waals surface area contributed by atoms with Gasteiger partial charge in [-0.2, -0.15) is 5.10 Å². The van der Waals surface area contributed by atoms with Gasteiger partial charge in [-0.1, -0.05) is 31.0 Å². The number of ether oxygens (including phenoxy) is 3. The van der Waals surface area contributed by atoms with Gasteiger partial charge in [-0.25, -0.2) is 5.01 Å². The highest BCUT2D eigenvalue weighted by atomic mass is 16.5. The molecule has 2 aromatic rings. The van der Waals surface area contributed by atoms with Crippen LogP contribution in [0.5, 0.6) is 11.5 Å². The first-order valence-electron chi connectivity index (χ1n) is 15.2.